The van der Waals surface area contributed by atoms with Crippen molar-refractivity contribution >= 4 is 5.91 Å². The van der Waals surface area contributed by atoms with Crippen molar-refractivity contribution in [3.8, 4) is 0 Å². The molecule has 1 fully saturated rings. The van der Waals surface area contributed by atoms with Gasteiger partial charge in [-0.1, -0.05) is 0 Å². The summed E-state index contributed by atoms with van der Waals surface area (Å²) in [5, 5.41) is 3.28. The summed E-state index contributed by atoms with van der Waals surface area (Å²) in [5.41, 5.74) is 0. The van der Waals surface area contributed by atoms with E-state index >= 15 is 0 Å². The van der Waals surface area contributed by atoms with Gasteiger partial charge in [0.05, 0.1) is 0 Å². The van der Waals surface area contributed by atoms with Crippen LogP contribution < -0.4 is 5.32 Å². The highest BCUT2D eigenvalue weighted by atomic mass is 16.2. The summed E-state index contributed by atoms with van der Waals surface area (Å²) >= 11 is 0. The van der Waals surface area contributed by atoms with Gasteiger partial charge in [-0.25, -0.2) is 0 Å². The van der Waals surface area contributed by atoms with Crippen molar-refractivity contribution in [2.75, 3.05) is 13.1 Å². The minimum atomic E-state index is 0.187. The zero-order valence-corrected chi connectivity index (χ0v) is 7.42. The molecule has 64 valence electrons. The fraction of sp³-hybridized carbons (Fsp3) is 0.875. The van der Waals surface area contributed by atoms with E-state index in [0.717, 1.165) is 13.1 Å². The van der Waals surface area contributed by atoms with Gasteiger partial charge >= 0.3 is 0 Å². The lowest BCUT2D eigenvalue weighted by molar-refractivity contribution is -0.134. The van der Waals surface area contributed by atoms with E-state index in [1.165, 1.54) is 0 Å². The summed E-state index contributed by atoms with van der Waals surface area (Å²) < 4.78 is 0. The van der Waals surface area contributed by atoms with Gasteiger partial charge < -0.3 is 10.2 Å². The van der Waals surface area contributed by atoms with E-state index in [0.29, 0.717) is 12.1 Å². The number of nitrogens with zero attached hydrogens (tertiary/aromatic N) is 1. The first-order valence-corrected chi connectivity index (χ1v) is 4.12. The van der Waals surface area contributed by atoms with E-state index in [9.17, 15) is 4.79 Å². The first-order valence-electron chi connectivity index (χ1n) is 4.12. The van der Waals surface area contributed by atoms with Crippen LogP contribution in [0.2, 0.25) is 0 Å². The SMILES string of the molecule is CC(=O)N1C(C)CNC[C@H]1C. The first kappa shape index (κ1) is 8.53. The van der Waals surface area contributed by atoms with Gasteiger partial charge in [0.2, 0.25) is 5.91 Å². The molecule has 1 saturated heterocycles. The Kier molecular flexibility index (Phi) is 2.49. The van der Waals surface area contributed by atoms with Crippen LogP contribution in [0.25, 0.3) is 0 Å². The normalized spacial score (nSPS) is 32.1. The third-order valence-electron chi connectivity index (χ3n) is 2.19. The molecule has 2 atom stereocenters. The van der Waals surface area contributed by atoms with Gasteiger partial charge in [-0.05, 0) is 13.8 Å². The number of hydrogen-bond acceptors (Lipinski definition) is 2. The molecule has 1 aliphatic heterocycles. The van der Waals surface area contributed by atoms with Crippen LogP contribution in [0.15, 0.2) is 0 Å². The predicted octanol–water partition coefficient (Wildman–Crippen LogP) is 0.215. The van der Waals surface area contributed by atoms with Gasteiger partial charge in [-0.2, -0.15) is 0 Å². The standard InChI is InChI=1S/C8H16N2O/c1-6-4-9-5-7(2)10(6)8(3)11/h6-7,9H,4-5H2,1-3H3/t6-,7?/m1/s1. The molecule has 11 heavy (non-hydrogen) atoms. The molecule has 0 bridgehead atoms. The van der Waals surface area contributed by atoms with E-state index < -0.39 is 0 Å². The first-order chi connectivity index (χ1) is 5.13. The second-order valence-corrected chi connectivity index (χ2v) is 3.28. The van der Waals surface area contributed by atoms with Crippen molar-refractivity contribution in [1.82, 2.24) is 10.2 Å². The van der Waals surface area contributed by atoms with Crippen LogP contribution in [0.1, 0.15) is 20.8 Å². The van der Waals surface area contributed by atoms with Crippen LogP contribution in [0.4, 0.5) is 0 Å². The van der Waals surface area contributed by atoms with Crippen LogP contribution in [0, 0.1) is 0 Å². The number of piperazine rings is 1. The van der Waals surface area contributed by atoms with Crippen molar-refractivity contribution in [1.29, 1.82) is 0 Å². The van der Waals surface area contributed by atoms with Crippen LogP contribution in [0.3, 0.4) is 0 Å². The van der Waals surface area contributed by atoms with Crippen molar-refractivity contribution in [2.45, 2.75) is 32.9 Å². The van der Waals surface area contributed by atoms with Crippen molar-refractivity contribution < 1.29 is 4.79 Å². The highest BCUT2D eigenvalue weighted by molar-refractivity contribution is 5.74. The highest BCUT2D eigenvalue weighted by Crippen LogP contribution is 2.08. The number of rotatable bonds is 0. The molecule has 0 saturated carbocycles. The molecule has 0 radical (unpaired) electrons. The van der Waals surface area contributed by atoms with Gasteiger partial charge in [-0.15, -0.1) is 0 Å². The molecule has 1 unspecified atom stereocenters. The average Bonchev–Trinajstić information content (AvgIpc) is 1.85. The number of carbonyl (C=O) groups is 1. The fourth-order valence-corrected chi connectivity index (χ4v) is 1.75. The zero-order valence-electron chi connectivity index (χ0n) is 7.42. The lowest BCUT2D eigenvalue weighted by Gasteiger charge is -2.38. The summed E-state index contributed by atoms with van der Waals surface area (Å²) in [6.45, 7) is 7.63. The van der Waals surface area contributed by atoms with Crippen LogP contribution in [-0.2, 0) is 4.79 Å². The molecule has 0 aromatic rings. The minimum absolute atomic E-state index is 0.187. The predicted molar refractivity (Wildman–Crippen MR) is 44.3 cm³/mol. The van der Waals surface area contributed by atoms with Gasteiger partial charge in [0.25, 0.3) is 0 Å². The second kappa shape index (κ2) is 3.22. The van der Waals surface area contributed by atoms with Crippen LogP contribution in [-0.4, -0.2) is 36.0 Å². The molecule has 3 nitrogen and oxygen atoms in total. The van der Waals surface area contributed by atoms with Crippen molar-refractivity contribution in [3.63, 3.8) is 0 Å². The average molecular weight is 156 g/mol. The van der Waals surface area contributed by atoms with E-state index in [2.05, 4.69) is 19.2 Å². The third-order valence-corrected chi connectivity index (χ3v) is 2.19. The molecule has 0 aliphatic carbocycles. The highest BCUT2D eigenvalue weighted by Gasteiger charge is 2.25. The Morgan fingerprint density at radius 2 is 1.82 bits per heavy atom. The van der Waals surface area contributed by atoms with Crippen LogP contribution >= 0.6 is 0 Å². The fourth-order valence-electron chi connectivity index (χ4n) is 1.75. The Balaban J connectivity index is 2.62. The Bertz CT molecular complexity index is 148. The summed E-state index contributed by atoms with van der Waals surface area (Å²) in [5.74, 6) is 0.187. The maximum atomic E-state index is 11.1. The summed E-state index contributed by atoms with van der Waals surface area (Å²) in [4.78, 5) is 13.1. The molecule has 0 aromatic carbocycles. The zero-order chi connectivity index (χ0) is 8.43. The molecular weight excluding hydrogens is 140 g/mol. The molecule has 0 spiro atoms. The quantitative estimate of drug-likeness (QED) is 0.544. The summed E-state index contributed by atoms with van der Waals surface area (Å²) in [7, 11) is 0. The van der Waals surface area contributed by atoms with Crippen LogP contribution in [0.5, 0.6) is 0 Å². The molecule has 1 rings (SSSR count). The van der Waals surface area contributed by atoms with Gasteiger partial charge in [-0.3, -0.25) is 4.79 Å². The van der Waals surface area contributed by atoms with E-state index in [4.69, 9.17) is 0 Å². The molecule has 1 amide bonds. The number of nitrogens with one attached hydrogen (secondary N) is 1. The second-order valence-electron chi connectivity index (χ2n) is 3.28. The topological polar surface area (TPSA) is 32.3 Å². The smallest absolute Gasteiger partial charge is 0.220 e. The van der Waals surface area contributed by atoms with E-state index in [1.54, 1.807) is 6.92 Å². The van der Waals surface area contributed by atoms with Crippen molar-refractivity contribution in [2.24, 2.45) is 0 Å². The Morgan fingerprint density at radius 1 is 1.36 bits per heavy atom. The summed E-state index contributed by atoms with van der Waals surface area (Å²) in [6, 6.07) is 0.687. The maximum absolute atomic E-state index is 11.1. The number of carbonyl (C=O) groups excluding carboxylic acids is 1. The van der Waals surface area contributed by atoms with E-state index in [1.807, 2.05) is 4.90 Å². The number of hydrogen-bond donors (Lipinski definition) is 1. The van der Waals surface area contributed by atoms with Gasteiger partial charge in [0.1, 0.15) is 0 Å². The largest absolute Gasteiger partial charge is 0.335 e. The van der Waals surface area contributed by atoms with E-state index in [-0.39, 0.29) is 5.91 Å². The maximum Gasteiger partial charge on any atom is 0.220 e. The minimum Gasteiger partial charge on any atom is -0.335 e. The monoisotopic (exact) mass is 156 g/mol. The lowest BCUT2D eigenvalue weighted by Crippen LogP contribution is -2.56. The molecule has 0 aromatic heterocycles. The molecular formula is C8H16N2O. The molecule has 3 heteroatoms. The Hall–Kier alpha value is -0.570. The van der Waals surface area contributed by atoms with Gasteiger partial charge in [0.15, 0.2) is 0 Å². The number of amides is 1. The lowest BCUT2D eigenvalue weighted by atomic mass is 10.1. The van der Waals surface area contributed by atoms with Gasteiger partial charge in [0, 0.05) is 32.1 Å². The Morgan fingerprint density at radius 3 is 2.09 bits per heavy atom. The third kappa shape index (κ3) is 1.71. The molecule has 1 aliphatic rings. The Labute approximate surface area is 67.8 Å². The summed E-state index contributed by atoms with van der Waals surface area (Å²) in [6.07, 6.45) is 0. The molecule has 1 heterocycles. The van der Waals surface area contributed by atoms with Crippen molar-refractivity contribution in [3.05, 3.63) is 0 Å². The molecule has 1 N–H and O–H groups in total.